The number of nitrogens with one attached hydrogen (secondary N) is 2. The molecule has 218 valence electrons. The Hall–Kier alpha value is -4.66. The summed E-state index contributed by atoms with van der Waals surface area (Å²) in [6.45, 7) is 4.14. The lowest BCUT2D eigenvalue weighted by atomic mass is 10.0. The summed E-state index contributed by atoms with van der Waals surface area (Å²) < 4.78 is 11.3. The minimum absolute atomic E-state index is 0.0719. The summed E-state index contributed by atoms with van der Waals surface area (Å²) in [5.74, 6) is 0.965. The monoisotopic (exact) mass is 567 g/mol. The molecule has 4 aromatic rings. The Morgan fingerprint density at radius 3 is 2.52 bits per heavy atom. The van der Waals surface area contributed by atoms with E-state index in [4.69, 9.17) is 9.47 Å². The van der Waals surface area contributed by atoms with Gasteiger partial charge in [-0.1, -0.05) is 48.5 Å². The van der Waals surface area contributed by atoms with Gasteiger partial charge in [0.15, 0.2) is 6.61 Å². The molecule has 2 N–H and O–H groups in total. The number of para-hydroxylation sites is 2. The fraction of sp³-hybridized carbons (Fsp3) is 0.333. The summed E-state index contributed by atoms with van der Waals surface area (Å²) in [7, 11) is 1.62. The highest BCUT2D eigenvalue weighted by molar-refractivity contribution is 5.83. The SMILES string of the molecule is COc1ccccc1CN(CC(Cc1c[nH]c2ccccc12)NC(=O)COc1ccc(C2CC(C)N=N2)cc1)C(C)=O. The van der Waals surface area contributed by atoms with Crippen molar-refractivity contribution >= 4 is 22.7 Å². The number of carbonyl (C=O) groups is 2. The molecule has 9 nitrogen and oxygen atoms in total. The van der Waals surface area contributed by atoms with Gasteiger partial charge >= 0.3 is 0 Å². The zero-order valence-corrected chi connectivity index (χ0v) is 24.2. The molecule has 5 rings (SSSR count). The van der Waals surface area contributed by atoms with Gasteiger partial charge in [0.25, 0.3) is 5.91 Å². The number of methoxy groups -OCH3 is 1. The van der Waals surface area contributed by atoms with Crippen molar-refractivity contribution in [1.82, 2.24) is 15.2 Å². The Bertz CT molecular complexity index is 1550. The molecule has 1 aliphatic heterocycles. The van der Waals surface area contributed by atoms with Gasteiger partial charge in [-0.2, -0.15) is 10.2 Å². The highest BCUT2D eigenvalue weighted by Crippen LogP contribution is 2.31. The fourth-order valence-electron chi connectivity index (χ4n) is 5.36. The minimum atomic E-state index is -0.351. The number of hydrogen-bond donors (Lipinski definition) is 2. The Morgan fingerprint density at radius 1 is 1.02 bits per heavy atom. The third-order valence-electron chi connectivity index (χ3n) is 7.55. The number of carbonyl (C=O) groups excluding carboxylic acids is 2. The van der Waals surface area contributed by atoms with Crippen LogP contribution in [0.1, 0.15) is 43.0 Å². The third kappa shape index (κ3) is 7.15. The molecule has 2 heterocycles. The van der Waals surface area contributed by atoms with Crippen molar-refractivity contribution in [2.75, 3.05) is 20.3 Å². The molecule has 3 unspecified atom stereocenters. The molecule has 3 atom stereocenters. The molecule has 42 heavy (non-hydrogen) atoms. The van der Waals surface area contributed by atoms with Crippen molar-refractivity contribution in [3.8, 4) is 11.5 Å². The number of ether oxygens (including phenoxy) is 2. The van der Waals surface area contributed by atoms with Gasteiger partial charge in [-0.15, -0.1) is 0 Å². The van der Waals surface area contributed by atoms with Crippen LogP contribution < -0.4 is 14.8 Å². The number of benzene rings is 3. The molecule has 2 amide bonds. The van der Waals surface area contributed by atoms with Crippen LogP contribution in [0.5, 0.6) is 11.5 Å². The van der Waals surface area contributed by atoms with Crippen LogP contribution in [-0.2, 0) is 22.6 Å². The van der Waals surface area contributed by atoms with E-state index in [2.05, 4.69) is 33.5 Å². The van der Waals surface area contributed by atoms with E-state index in [9.17, 15) is 9.59 Å². The summed E-state index contributed by atoms with van der Waals surface area (Å²) >= 11 is 0. The van der Waals surface area contributed by atoms with E-state index in [0.717, 1.165) is 34.0 Å². The summed E-state index contributed by atoms with van der Waals surface area (Å²) in [6.07, 6.45) is 3.40. The predicted molar refractivity (Wildman–Crippen MR) is 162 cm³/mol. The molecule has 0 aliphatic carbocycles. The Labute approximate surface area is 245 Å². The molecule has 1 aliphatic rings. The second-order valence-corrected chi connectivity index (χ2v) is 10.7. The lowest BCUT2D eigenvalue weighted by Crippen LogP contribution is -2.47. The minimum Gasteiger partial charge on any atom is -0.496 e. The van der Waals surface area contributed by atoms with Crippen LogP contribution in [0.15, 0.2) is 89.2 Å². The number of hydrogen-bond acceptors (Lipinski definition) is 6. The maximum absolute atomic E-state index is 13.1. The number of amides is 2. The first-order valence-electron chi connectivity index (χ1n) is 14.2. The first-order valence-corrected chi connectivity index (χ1v) is 14.2. The third-order valence-corrected chi connectivity index (χ3v) is 7.55. The molecule has 0 fully saturated rings. The molecular weight excluding hydrogens is 530 g/mol. The van der Waals surface area contributed by atoms with Crippen molar-refractivity contribution in [2.45, 2.75) is 51.4 Å². The number of fused-ring (bicyclic) bond motifs is 1. The average Bonchev–Trinajstić information content (AvgIpc) is 3.62. The zero-order chi connectivity index (χ0) is 29.5. The maximum atomic E-state index is 13.1. The highest BCUT2D eigenvalue weighted by Gasteiger charge is 2.23. The smallest absolute Gasteiger partial charge is 0.258 e. The molecule has 0 radical (unpaired) electrons. The quantitative estimate of drug-likeness (QED) is 0.232. The Kier molecular flexibility index (Phi) is 9.16. The summed E-state index contributed by atoms with van der Waals surface area (Å²) in [4.78, 5) is 30.9. The highest BCUT2D eigenvalue weighted by atomic mass is 16.5. The first kappa shape index (κ1) is 28.9. The number of rotatable bonds is 12. The average molecular weight is 568 g/mol. The van der Waals surface area contributed by atoms with E-state index in [1.165, 1.54) is 0 Å². The van der Waals surface area contributed by atoms with E-state index in [1.807, 2.05) is 72.9 Å². The lowest BCUT2D eigenvalue weighted by molar-refractivity contribution is -0.131. The second-order valence-electron chi connectivity index (χ2n) is 10.7. The van der Waals surface area contributed by atoms with E-state index < -0.39 is 0 Å². The standard InChI is InChI=1S/C33H37N5O4/c1-22-16-31(37-36-22)24-12-14-28(15-13-24)42-21-33(40)35-27(17-26-18-34-30-10-6-5-9-29(26)30)20-38(23(2)39)19-25-8-4-7-11-32(25)41-3/h4-15,18,22,27,31,34H,16-17,19-21H2,1-3H3,(H,35,40). The van der Waals surface area contributed by atoms with Crippen LogP contribution in [0.3, 0.4) is 0 Å². The fourth-order valence-corrected chi connectivity index (χ4v) is 5.36. The molecule has 0 saturated carbocycles. The van der Waals surface area contributed by atoms with Gasteiger partial charge in [0.1, 0.15) is 11.5 Å². The topological polar surface area (TPSA) is 108 Å². The van der Waals surface area contributed by atoms with E-state index >= 15 is 0 Å². The number of aromatic amines is 1. The van der Waals surface area contributed by atoms with E-state index in [-0.39, 0.29) is 36.5 Å². The molecule has 1 aromatic heterocycles. The van der Waals surface area contributed by atoms with Crippen molar-refractivity contribution in [1.29, 1.82) is 0 Å². The van der Waals surface area contributed by atoms with Gasteiger partial charge in [0.2, 0.25) is 5.91 Å². The largest absolute Gasteiger partial charge is 0.496 e. The summed E-state index contributed by atoms with van der Waals surface area (Å²) in [5, 5.41) is 12.8. The second kappa shape index (κ2) is 13.3. The molecule has 3 aromatic carbocycles. The molecule has 0 saturated heterocycles. The van der Waals surface area contributed by atoms with Crippen molar-refractivity contribution in [2.24, 2.45) is 10.2 Å². The van der Waals surface area contributed by atoms with Gasteiger partial charge in [0, 0.05) is 42.7 Å². The summed E-state index contributed by atoms with van der Waals surface area (Å²) in [5.41, 5.74) is 4.06. The van der Waals surface area contributed by atoms with Gasteiger partial charge in [-0.25, -0.2) is 0 Å². The number of H-pyrrole nitrogens is 1. The molecule has 0 spiro atoms. The molecular formula is C33H37N5O4. The lowest BCUT2D eigenvalue weighted by Gasteiger charge is -2.28. The van der Waals surface area contributed by atoms with Crippen LogP contribution in [0.25, 0.3) is 10.9 Å². The van der Waals surface area contributed by atoms with Gasteiger partial charge < -0.3 is 24.7 Å². The van der Waals surface area contributed by atoms with Crippen LogP contribution in [0.2, 0.25) is 0 Å². The van der Waals surface area contributed by atoms with Crippen molar-refractivity contribution < 1.29 is 19.1 Å². The van der Waals surface area contributed by atoms with E-state index in [0.29, 0.717) is 31.0 Å². The van der Waals surface area contributed by atoms with Crippen molar-refractivity contribution in [3.63, 3.8) is 0 Å². The zero-order valence-electron chi connectivity index (χ0n) is 24.2. The van der Waals surface area contributed by atoms with Crippen LogP contribution in [0, 0.1) is 0 Å². The Morgan fingerprint density at radius 2 is 1.79 bits per heavy atom. The first-order chi connectivity index (χ1) is 20.4. The van der Waals surface area contributed by atoms with Gasteiger partial charge in [-0.3, -0.25) is 9.59 Å². The van der Waals surface area contributed by atoms with Crippen LogP contribution >= 0.6 is 0 Å². The number of azo groups is 1. The number of nitrogens with zero attached hydrogens (tertiary/aromatic N) is 3. The normalized spacial score (nSPS) is 16.7. The molecule has 0 bridgehead atoms. The van der Waals surface area contributed by atoms with Gasteiger partial charge in [-0.05, 0) is 55.2 Å². The Balaban J connectivity index is 1.27. The van der Waals surface area contributed by atoms with E-state index in [1.54, 1.807) is 18.9 Å². The molecule has 9 heteroatoms. The predicted octanol–water partition coefficient (Wildman–Crippen LogP) is 5.62. The van der Waals surface area contributed by atoms with Crippen molar-refractivity contribution in [3.05, 3.63) is 95.7 Å². The number of aromatic nitrogens is 1. The maximum Gasteiger partial charge on any atom is 0.258 e. The van der Waals surface area contributed by atoms with Gasteiger partial charge in [0.05, 0.1) is 25.2 Å². The summed E-state index contributed by atoms with van der Waals surface area (Å²) in [6, 6.07) is 23.3. The van der Waals surface area contributed by atoms with Crippen LogP contribution in [-0.4, -0.2) is 54.0 Å². The van der Waals surface area contributed by atoms with Crippen LogP contribution in [0.4, 0.5) is 0 Å².